The van der Waals surface area contributed by atoms with E-state index < -0.39 is 11.9 Å². The third-order valence-corrected chi connectivity index (χ3v) is 5.48. The summed E-state index contributed by atoms with van der Waals surface area (Å²) >= 11 is 0. The summed E-state index contributed by atoms with van der Waals surface area (Å²) in [4.78, 5) is 26.1. The van der Waals surface area contributed by atoms with Crippen LogP contribution in [0, 0.1) is 0 Å². The summed E-state index contributed by atoms with van der Waals surface area (Å²) in [5, 5.41) is 3.27. The van der Waals surface area contributed by atoms with Crippen LogP contribution in [0.3, 0.4) is 0 Å². The highest BCUT2D eigenvalue weighted by Crippen LogP contribution is 2.47. The molecule has 30 heavy (non-hydrogen) atoms. The van der Waals surface area contributed by atoms with Crippen molar-refractivity contribution in [3.63, 3.8) is 0 Å². The zero-order valence-corrected chi connectivity index (χ0v) is 17.4. The van der Waals surface area contributed by atoms with Crippen molar-refractivity contribution >= 4 is 17.4 Å². The molecule has 0 unspecified atom stereocenters. The lowest BCUT2D eigenvalue weighted by molar-refractivity contribution is -0.136. The Kier molecular flexibility index (Phi) is 5.08. The molecule has 1 N–H and O–H groups in total. The van der Waals surface area contributed by atoms with E-state index in [-0.39, 0.29) is 5.78 Å². The third kappa shape index (κ3) is 2.96. The Balaban J connectivity index is 1.93. The average molecular weight is 405 g/mol. The van der Waals surface area contributed by atoms with Crippen molar-refractivity contribution in [1.82, 2.24) is 5.32 Å². The van der Waals surface area contributed by atoms with E-state index in [0.717, 1.165) is 16.8 Å². The van der Waals surface area contributed by atoms with Gasteiger partial charge < -0.3 is 19.5 Å². The first-order chi connectivity index (χ1) is 14.5. The van der Waals surface area contributed by atoms with Gasteiger partial charge in [-0.25, -0.2) is 4.79 Å². The van der Waals surface area contributed by atoms with Crippen LogP contribution in [0.25, 0.3) is 5.70 Å². The molecule has 0 bridgehead atoms. The molecular formula is C24H23NO5. The van der Waals surface area contributed by atoms with Gasteiger partial charge >= 0.3 is 5.97 Å². The highest BCUT2D eigenvalue weighted by molar-refractivity contribution is 6.23. The van der Waals surface area contributed by atoms with E-state index in [2.05, 4.69) is 5.32 Å². The fourth-order valence-electron chi connectivity index (χ4n) is 4.18. The van der Waals surface area contributed by atoms with Gasteiger partial charge in [0, 0.05) is 28.3 Å². The predicted molar refractivity (Wildman–Crippen MR) is 112 cm³/mol. The normalized spacial score (nSPS) is 17.3. The molecule has 6 nitrogen and oxygen atoms in total. The molecule has 0 fully saturated rings. The number of nitrogens with one attached hydrogen (secondary N) is 1. The van der Waals surface area contributed by atoms with Crippen molar-refractivity contribution in [3.8, 4) is 11.5 Å². The number of carbonyl (C=O) groups is 2. The van der Waals surface area contributed by atoms with Crippen LogP contribution in [-0.2, 0) is 9.53 Å². The summed E-state index contributed by atoms with van der Waals surface area (Å²) < 4.78 is 16.2. The lowest BCUT2D eigenvalue weighted by Gasteiger charge is -2.29. The van der Waals surface area contributed by atoms with Crippen LogP contribution in [0.1, 0.15) is 41.3 Å². The number of esters is 1. The molecule has 0 radical (unpaired) electrons. The van der Waals surface area contributed by atoms with Gasteiger partial charge in [0.1, 0.15) is 0 Å². The number of benzene rings is 2. The second kappa shape index (κ2) is 7.71. The van der Waals surface area contributed by atoms with Crippen LogP contribution < -0.4 is 14.8 Å². The lowest BCUT2D eigenvalue weighted by Crippen LogP contribution is -2.29. The largest absolute Gasteiger partial charge is 0.493 e. The Bertz CT molecular complexity index is 1110. The number of allylic oxidation sites excluding steroid dienone is 2. The Hall–Kier alpha value is -3.54. The van der Waals surface area contributed by atoms with E-state index >= 15 is 0 Å². The van der Waals surface area contributed by atoms with Gasteiger partial charge in [0.05, 0.1) is 32.1 Å². The number of Topliss-reactive ketones (excluding diaryl/α,β-unsaturated/α-hetero) is 1. The van der Waals surface area contributed by atoms with Gasteiger partial charge in [-0.2, -0.15) is 0 Å². The van der Waals surface area contributed by atoms with Gasteiger partial charge in [-0.05, 0) is 31.5 Å². The van der Waals surface area contributed by atoms with Crippen LogP contribution >= 0.6 is 0 Å². The minimum absolute atomic E-state index is 0.0974. The smallest absolute Gasteiger partial charge is 0.336 e. The molecule has 154 valence electrons. The summed E-state index contributed by atoms with van der Waals surface area (Å²) in [5.41, 5.74) is 4.55. The highest BCUT2D eigenvalue weighted by atomic mass is 16.5. The molecule has 2 aromatic rings. The first-order valence-corrected chi connectivity index (χ1v) is 9.76. The van der Waals surface area contributed by atoms with E-state index in [4.69, 9.17) is 14.2 Å². The van der Waals surface area contributed by atoms with Gasteiger partial charge in [-0.15, -0.1) is 0 Å². The molecule has 2 aliphatic rings. The van der Waals surface area contributed by atoms with E-state index in [0.29, 0.717) is 40.5 Å². The maximum Gasteiger partial charge on any atom is 0.336 e. The third-order valence-electron chi connectivity index (χ3n) is 5.48. The quantitative estimate of drug-likeness (QED) is 0.762. The second-order valence-electron chi connectivity index (χ2n) is 7.09. The van der Waals surface area contributed by atoms with Gasteiger partial charge in [0.25, 0.3) is 0 Å². The highest BCUT2D eigenvalue weighted by Gasteiger charge is 2.42. The monoisotopic (exact) mass is 405 g/mol. The van der Waals surface area contributed by atoms with Gasteiger partial charge in [0.2, 0.25) is 0 Å². The number of hydrogen-bond donors (Lipinski definition) is 1. The van der Waals surface area contributed by atoms with Crippen LogP contribution in [0.15, 0.2) is 59.3 Å². The minimum Gasteiger partial charge on any atom is -0.493 e. The van der Waals surface area contributed by atoms with Crippen LogP contribution in [-0.4, -0.2) is 32.6 Å². The number of carbonyl (C=O) groups excluding carboxylic acids is 2. The SMILES string of the molecule is CCOc1ccc([C@H]2C(C(=O)OC)=C(C)NC3=C2C(=O)c2ccccc23)cc1OC. The number of fused-ring (bicyclic) bond motifs is 2. The zero-order valence-electron chi connectivity index (χ0n) is 17.4. The molecule has 6 heteroatoms. The van der Waals surface area contributed by atoms with Crippen LogP contribution in [0.5, 0.6) is 11.5 Å². The standard InChI is InChI=1S/C24H23NO5/c1-5-30-17-11-10-14(12-18(17)28-3)20-19(24(27)29-4)13(2)25-22-15-8-6-7-9-16(15)23(26)21(20)22/h6-12,20,25H,5H2,1-4H3/t20-/m0/s1. The fourth-order valence-corrected chi connectivity index (χ4v) is 4.18. The van der Waals surface area contributed by atoms with Crippen LogP contribution in [0.4, 0.5) is 0 Å². The summed E-state index contributed by atoms with van der Waals surface area (Å²) in [6, 6.07) is 12.9. The van der Waals surface area contributed by atoms with Crippen molar-refractivity contribution in [1.29, 1.82) is 0 Å². The Morgan fingerprint density at radius 3 is 2.47 bits per heavy atom. The number of dihydropyridines is 1. The topological polar surface area (TPSA) is 73.9 Å². The first kappa shape index (κ1) is 19.8. The number of rotatable bonds is 5. The fraction of sp³-hybridized carbons (Fsp3) is 0.250. The van der Waals surface area contributed by atoms with Gasteiger partial charge in [0.15, 0.2) is 17.3 Å². The van der Waals surface area contributed by atoms with Gasteiger partial charge in [-0.1, -0.05) is 30.3 Å². The lowest BCUT2D eigenvalue weighted by atomic mass is 9.79. The molecule has 1 aliphatic carbocycles. The number of hydrogen-bond acceptors (Lipinski definition) is 6. The molecule has 2 aromatic carbocycles. The van der Waals surface area contributed by atoms with Crippen LogP contribution in [0.2, 0.25) is 0 Å². The minimum atomic E-state index is -0.585. The summed E-state index contributed by atoms with van der Waals surface area (Å²) in [6.45, 7) is 4.21. The van der Waals surface area contributed by atoms with E-state index in [9.17, 15) is 9.59 Å². The predicted octanol–water partition coefficient (Wildman–Crippen LogP) is 3.84. The molecule has 1 heterocycles. The first-order valence-electron chi connectivity index (χ1n) is 9.76. The molecule has 0 aromatic heterocycles. The molecular weight excluding hydrogens is 382 g/mol. The Labute approximate surface area is 175 Å². The number of ketones is 1. The van der Waals surface area contributed by atoms with E-state index in [1.54, 1.807) is 19.2 Å². The maximum atomic E-state index is 13.4. The molecule has 4 rings (SSSR count). The van der Waals surface area contributed by atoms with Crippen molar-refractivity contribution < 1.29 is 23.8 Å². The zero-order chi connectivity index (χ0) is 21.4. The number of methoxy groups -OCH3 is 2. The average Bonchev–Trinajstić information content (AvgIpc) is 3.04. The molecule has 0 saturated heterocycles. The number of ether oxygens (including phenoxy) is 3. The molecule has 1 atom stereocenters. The molecule has 0 amide bonds. The maximum absolute atomic E-state index is 13.4. The summed E-state index contributed by atoms with van der Waals surface area (Å²) in [5.74, 6) is -0.0145. The Morgan fingerprint density at radius 2 is 1.80 bits per heavy atom. The summed E-state index contributed by atoms with van der Waals surface area (Å²) in [6.07, 6.45) is 0. The van der Waals surface area contributed by atoms with E-state index in [1.807, 2.05) is 44.2 Å². The molecule has 0 spiro atoms. The Morgan fingerprint density at radius 1 is 1.07 bits per heavy atom. The second-order valence-corrected chi connectivity index (χ2v) is 7.09. The van der Waals surface area contributed by atoms with Crippen molar-refractivity contribution in [2.24, 2.45) is 0 Å². The van der Waals surface area contributed by atoms with Crippen molar-refractivity contribution in [3.05, 3.63) is 76.0 Å². The van der Waals surface area contributed by atoms with Crippen molar-refractivity contribution in [2.45, 2.75) is 19.8 Å². The summed E-state index contributed by atoms with van der Waals surface area (Å²) in [7, 11) is 2.90. The molecule has 1 aliphatic heterocycles. The van der Waals surface area contributed by atoms with Crippen molar-refractivity contribution in [2.75, 3.05) is 20.8 Å². The molecule has 0 saturated carbocycles. The van der Waals surface area contributed by atoms with Gasteiger partial charge in [-0.3, -0.25) is 4.79 Å². The van der Waals surface area contributed by atoms with E-state index in [1.165, 1.54) is 7.11 Å².